The maximum Gasteiger partial charge on any atom is 0.409 e. The number of hydrogen-bond donors (Lipinski definition) is 3. The summed E-state index contributed by atoms with van der Waals surface area (Å²) in [6, 6.07) is 0. The van der Waals surface area contributed by atoms with Crippen LogP contribution in [0.15, 0.2) is 0 Å². The highest BCUT2D eigenvalue weighted by molar-refractivity contribution is 5.80. The molecule has 0 saturated carbocycles. The molecule has 1 aliphatic heterocycles. The predicted octanol–water partition coefficient (Wildman–Crippen LogP) is 0.568. The number of β-amino-alcohol motifs (C(OH)–C–C–N with tert-alkyl or cyclic N) is 1. The molecule has 0 aromatic carbocycles. The third-order valence-electron chi connectivity index (χ3n) is 2.73. The predicted molar refractivity (Wildman–Crippen MR) is 51.0 cm³/mol. The molecule has 1 heterocycles. The first-order valence-electron chi connectivity index (χ1n) is 5.30. The molecule has 3 N–H and O–H groups in total. The maximum atomic E-state index is 12.2. The van der Waals surface area contributed by atoms with Crippen LogP contribution in [0.4, 0.5) is 26.3 Å². The van der Waals surface area contributed by atoms with Crippen molar-refractivity contribution in [2.75, 3.05) is 19.6 Å². The van der Waals surface area contributed by atoms with Crippen molar-refractivity contribution in [1.29, 1.82) is 0 Å². The number of hydrogen-bond acceptors (Lipinski definition) is 3. The van der Waals surface area contributed by atoms with E-state index in [1.54, 1.807) is 0 Å². The number of alkyl halides is 6. The van der Waals surface area contributed by atoms with Crippen LogP contribution in [0.3, 0.4) is 0 Å². The van der Waals surface area contributed by atoms with Gasteiger partial charge in [-0.25, -0.2) is 0 Å². The van der Waals surface area contributed by atoms with Gasteiger partial charge < -0.3 is 15.7 Å². The first-order chi connectivity index (χ1) is 8.46. The zero-order valence-corrected chi connectivity index (χ0v) is 9.53. The molecule has 1 fully saturated rings. The number of halogens is 6. The van der Waals surface area contributed by atoms with E-state index in [9.17, 15) is 36.2 Å². The molecule has 1 atom stereocenters. The SMILES string of the molecule is O=C(NCC1(O)CCNC1)C(C(F)(F)F)C(F)(F)F. The van der Waals surface area contributed by atoms with E-state index < -0.39 is 36.3 Å². The number of nitrogens with one attached hydrogen (secondary N) is 2. The minimum Gasteiger partial charge on any atom is -0.387 e. The maximum absolute atomic E-state index is 12.2. The highest BCUT2D eigenvalue weighted by atomic mass is 19.4. The average Bonchev–Trinajstić information content (AvgIpc) is 2.58. The van der Waals surface area contributed by atoms with Gasteiger partial charge in [0.15, 0.2) is 0 Å². The average molecular weight is 294 g/mol. The minimum atomic E-state index is -5.72. The Kier molecular flexibility index (Phi) is 4.35. The summed E-state index contributed by atoms with van der Waals surface area (Å²) < 4.78 is 73.2. The van der Waals surface area contributed by atoms with Gasteiger partial charge in [-0.2, -0.15) is 26.3 Å². The largest absolute Gasteiger partial charge is 0.409 e. The Hall–Kier alpha value is -1.03. The molecule has 0 spiro atoms. The lowest BCUT2D eigenvalue weighted by atomic mass is 10.0. The van der Waals surface area contributed by atoms with E-state index in [0.717, 1.165) is 0 Å². The molecule has 1 saturated heterocycles. The summed E-state index contributed by atoms with van der Waals surface area (Å²) >= 11 is 0. The Morgan fingerprint density at radius 1 is 1.26 bits per heavy atom. The van der Waals surface area contributed by atoms with Gasteiger partial charge in [-0.05, 0) is 13.0 Å². The quantitative estimate of drug-likeness (QED) is 0.667. The third kappa shape index (κ3) is 4.23. The van der Waals surface area contributed by atoms with Crippen molar-refractivity contribution in [3.63, 3.8) is 0 Å². The first kappa shape index (κ1) is 16.0. The van der Waals surface area contributed by atoms with Gasteiger partial charge in [-0.3, -0.25) is 4.79 Å². The van der Waals surface area contributed by atoms with Crippen LogP contribution in [-0.4, -0.2) is 48.6 Å². The molecule has 10 heteroatoms. The lowest BCUT2D eigenvalue weighted by molar-refractivity contribution is -0.274. The summed E-state index contributed by atoms with van der Waals surface area (Å²) in [5, 5.41) is 13.9. The molecule has 1 amide bonds. The second-order valence-electron chi connectivity index (χ2n) is 4.39. The van der Waals surface area contributed by atoms with Crippen molar-refractivity contribution in [2.45, 2.75) is 24.4 Å². The number of carbonyl (C=O) groups is 1. The van der Waals surface area contributed by atoms with Gasteiger partial charge in [0.2, 0.25) is 11.8 Å². The fraction of sp³-hybridized carbons (Fsp3) is 0.889. The lowest BCUT2D eigenvalue weighted by Crippen LogP contribution is -2.52. The Morgan fingerprint density at radius 2 is 1.79 bits per heavy atom. The molecule has 112 valence electrons. The van der Waals surface area contributed by atoms with Crippen LogP contribution in [-0.2, 0) is 4.79 Å². The van der Waals surface area contributed by atoms with Crippen molar-refractivity contribution >= 4 is 5.91 Å². The van der Waals surface area contributed by atoms with Crippen molar-refractivity contribution < 1.29 is 36.2 Å². The smallest absolute Gasteiger partial charge is 0.387 e. The van der Waals surface area contributed by atoms with Gasteiger partial charge >= 0.3 is 12.4 Å². The summed E-state index contributed by atoms with van der Waals surface area (Å²) in [5.41, 5.74) is -1.52. The zero-order valence-electron chi connectivity index (χ0n) is 9.53. The van der Waals surface area contributed by atoms with Gasteiger partial charge in [0.1, 0.15) is 0 Å². The van der Waals surface area contributed by atoms with Crippen molar-refractivity contribution in [3.8, 4) is 0 Å². The monoisotopic (exact) mass is 294 g/mol. The van der Waals surface area contributed by atoms with E-state index in [1.807, 2.05) is 0 Å². The van der Waals surface area contributed by atoms with E-state index >= 15 is 0 Å². The molecule has 0 aliphatic carbocycles. The van der Waals surface area contributed by atoms with Crippen LogP contribution in [0.5, 0.6) is 0 Å². The van der Waals surface area contributed by atoms with Crippen LogP contribution >= 0.6 is 0 Å². The summed E-state index contributed by atoms with van der Waals surface area (Å²) in [6.45, 7) is -0.300. The van der Waals surface area contributed by atoms with Crippen LogP contribution in [0.1, 0.15) is 6.42 Å². The van der Waals surface area contributed by atoms with Gasteiger partial charge in [-0.15, -0.1) is 0 Å². The Balaban J connectivity index is 2.68. The van der Waals surface area contributed by atoms with Crippen LogP contribution in [0.25, 0.3) is 0 Å². The minimum absolute atomic E-state index is 0.00399. The third-order valence-corrected chi connectivity index (χ3v) is 2.73. The summed E-state index contributed by atoms with van der Waals surface area (Å²) in [4.78, 5) is 11.1. The van der Waals surface area contributed by atoms with E-state index in [4.69, 9.17) is 0 Å². The summed E-state index contributed by atoms with van der Waals surface area (Å²) in [7, 11) is 0. The van der Waals surface area contributed by atoms with Gasteiger partial charge in [0.25, 0.3) is 0 Å². The standard InChI is InChI=1S/C9H12F6N2O2/c10-8(11,12)5(9(13,14)15)6(18)17-4-7(19)1-2-16-3-7/h5,16,19H,1-4H2,(H,17,18). The molecule has 0 bridgehead atoms. The second-order valence-corrected chi connectivity index (χ2v) is 4.39. The highest BCUT2D eigenvalue weighted by Gasteiger charge is 2.61. The molecule has 4 nitrogen and oxygen atoms in total. The fourth-order valence-electron chi connectivity index (χ4n) is 1.72. The molecule has 0 aromatic heterocycles. The van der Waals surface area contributed by atoms with E-state index in [0.29, 0.717) is 6.54 Å². The molecule has 0 aromatic rings. The molecular formula is C9H12F6N2O2. The van der Waals surface area contributed by atoms with Crippen molar-refractivity contribution in [2.24, 2.45) is 5.92 Å². The van der Waals surface area contributed by atoms with Gasteiger partial charge in [0, 0.05) is 13.1 Å². The number of carbonyl (C=O) groups excluding carboxylic acids is 1. The molecule has 1 unspecified atom stereocenters. The summed E-state index contributed by atoms with van der Waals surface area (Å²) in [6.07, 6.45) is -11.3. The topological polar surface area (TPSA) is 61.4 Å². The van der Waals surface area contributed by atoms with Crippen molar-refractivity contribution in [1.82, 2.24) is 10.6 Å². The van der Waals surface area contributed by atoms with Crippen LogP contribution < -0.4 is 10.6 Å². The molecule has 1 rings (SSSR count). The van der Waals surface area contributed by atoms with Crippen LogP contribution in [0.2, 0.25) is 0 Å². The van der Waals surface area contributed by atoms with Crippen molar-refractivity contribution in [3.05, 3.63) is 0 Å². The molecule has 19 heavy (non-hydrogen) atoms. The Labute approximate surface area is 104 Å². The second kappa shape index (κ2) is 5.16. The van der Waals surface area contributed by atoms with E-state index in [2.05, 4.69) is 5.32 Å². The number of rotatable bonds is 3. The number of amides is 1. The Bertz CT molecular complexity index is 321. The zero-order chi connectivity index (χ0) is 14.9. The lowest BCUT2D eigenvalue weighted by Gasteiger charge is -2.25. The van der Waals surface area contributed by atoms with E-state index in [-0.39, 0.29) is 13.0 Å². The summed E-state index contributed by atoms with van der Waals surface area (Å²) in [5.74, 6) is -6.29. The molecule has 1 aliphatic rings. The molecule has 0 radical (unpaired) electrons. The van der Waals surface area contributed by atoms with Crippen LogP contribution in [0, 0.1) is 5.92 Å². The van der Waals surface area contributed by atoms with Gasteiger partial charge in [-0.1, -0.05) is 0 Å². The number of aliphatic hydroxyl groups is 1. The highest BCUT2D eigenvalue weighted by Crippen LogP contribution is 2.39. The Morgan fingerprint density at radius 3 is 2.16 bits per heavy atom. The normalized spacial score (nSPS) is 24.8. The van der Waals surface area contributed by atoms with E-state index in [1.165, 1.54) is 5.32 Å². The van der Waals surface area contributed by atoms with Gasteiger partial charge in [0.05, 0.1) is 5.60 Å². The first-order valence-corrected chi connectivity index (χ1v) is 5.30. The fourth-order valence-corrected chi connectivity index (χ4v) is 1.72. The molecular weight excluding hydrogens is 282 g/mol.